The Bertz CT molecular complexity index is 433. The summed E-state index contributed by atoms with van der Waals surface area (Å²) < 4.78 is 5.07. The number of benzene rings is 1. The van der Waals surface area contributed by atoms with Gasteiger partial charge in [-0.25, -0.2) is 0 Å². The van der Waals surface area contributed by atoms with Gasteiger partial charge in [-0.15, -0.1) is 0 Å². The molecule has 0 aliphatic heterocycles. The van der Waals surface area contributed by atoms with Crippen LogP contribution in [-0.4, -0.2) is 30.8 Å². The van der Waals surface area contributed by atoms with Crippen molar-refractivity contribution < 1.29 is 14.6 Å². The Morgan fingerprint density at radius 3 is 2.68 bits per heavy atom. The van der Waals surface area contributed by atoms with Crippen molar-refractivity contribution in [2.24, 2.45) is 5.92 Å². The molecule has 4 N–H and O–H groups in total. The van der Waals surface area contributed by atoms with E-state index in [1.165, 1.54) is 7.11 Å². The molecule has 0 aliphatic rings. The first-order chi connectivity index (χ1) is 8.97. The molecular weight excluding hydrogens is 244 g/mol. The summed E-state index contributed by atoms with van der Waals surface area (Å²) in [5.41, 5.74) is 6.54. The monoisotopic (exact) mass is 266 g/mol. The van der Waals surface area contributed by atoms with Crippen molar-refractivity contribution in [1.82, 2.24) is 5.32 Å². The van der Waals surface area contributed by atoms with Crippen LogP contribution in [0.5, 0.6) is 5.75 Å². The summed E-state index contributed by atoms with van der Waals surface area (Å²) in [6.45, 7) is 3.98. The topological polar surface area (TPSA) is 84.6 Å². The number of amides is 1. The van der Waals surface area contributed by atoms with Crippen LogP contribution in [-0.2, 0) is 0 Å². The standard InChI is InChI=1S/C14H22N2O3/c1-9(2)6-10(8-17)16-14(18)12-7-11(19-3)4-5-13(12)15/h4-5,7,9-10,17H,6,8,15H2,1-3H3,(H,16,18). The largest absolute Gasteiger partial charge is 0.497 e. The summed E-state index contributed by atoms with van der Waals surface area (Å²) in [6.07, 6.45) is 0.714. The zero-order valence-electron chi connectivity index (χ0n) is 11.6. The molecule has 0 spiro atoms. The Kier molecular flexibility index (Phi) is 5.63. The molecule has 1 atom stereocenters. The molecular formula is C14H22N2O3. The molecule has 5 nitrogen and oxygen atoms in total. The zero-order chi connectivity index (χ0) is 14.4. The lowest BCUT2D eigenvalue weighted by molar-refractivity contribution is 0.0909. The molecule has 1 amide bonds. The van der Waals surface area contributed by atoms with Crippen LogP contribution in [0.1, 0.15) is 30.6 Å². The Morgan fingerprint density at radius 1 is 1.47 bits per heavy atom. The van der Waals surface area contributed by atoms with Gasteiger partial charge in [-0.1, -0.05) is 13.8 Å². The number of aliphatic hydroxyl groups is 1. The van der Waals surface area contributed by atoms with E-state index in [4.69, 9.17) is 10.5 Å². The number of carbonyl (C=O) groups excluding carboxylic acids is 1. The van der Waals surface area contributed by atoms with E-state index in [9.17, 15) is 9.90 Å². The summed E-state index contributed by atoms with van der Waals surface area (Å²) in [6, 6.07) is 4.65. The molecule has 1 aromatic rings. The second kappa shape index (κ2) is 6.99. The molecule has 0 aromatic heterocycles. The van der Waals surface area contributed by atoms with E-state index in [1.807, 2.05) is 13.8 Å². The SMILES string of the molecule is COc1ccc(N)c(C(=O)NC(CO)CC(C)C)c1. The second-order valence-electron chi connectivity index (χ2n) is 4.94. The Labute approximate surface area is 113 Å². The first-order valence-electron chi connectivity index (χ1n) is 6.33. The predicted octanol–water partition coefficient (Wildman–Crippen LogP) is 1.41. The molecule has 0 saturated carbocycles. The number of hydrogen-bond donors (Lipinski definition) is 3. The van der Waals surface area contributed by atoms with E-state index in [1.54, 1.807) is 18.2 Å². The number of nitrogens with two attached hydrogens (primary N) is 1. The molecule has 0 fully saturated rings. The number of nitrogens with one attached hydrogen (secondary N) is 1. The third kappa shape index (κ3) is 4.44. The molecule has 0 saturated heterocycles. The van der Waals surface area contributed by atoms with Crippen LogP contribution in [0.25, 0.3) is 0 Å². The molecule has 1 aromatic carbocycles. The third-order valence-electron chi connectivity index (χ3n) is 2.82. The minimum absolute atomic E-state index is 0.0895. The Balaban J connectivity index is 2.81. The lowest BCUT2D eigenvalue weighted by Crippen LogP contribution is -2.38. The highest BCUT2D eigenvalue weighted by Crippen LogP contribution is 2.19. The van der Waals surface area contributed by atoms with E-state index in [2.05, 4.69) is 5.32 Å². The first-order valence-corrected chi connectivity index (χ1v) is 6.33. The number of nitrogen functional groups attached to an aromatic ring is 1. The van der Waals surface area contributed by atoms with Crippen molar-refractivity contribution >= 4 is 11.6 Å². The van der Waals surface area contributed by atoms with Gasteiger partial charge < -0.3 is 20.9 Å². The predicted molar refractivity (Wildman–Crippen MR) is 75.2 cm³/mol. The summed E-state index contributed by atoms with van der Waals surface area (Å²) in [5.74, 6) is 0.667. The number of carbonyl (C=O) groups is 1. The fourth-order valence-electron chi connectivity index (χ4n) is 1.87. The molecule has 0 bridgehead atoms. The van der Waals surface area contributed by atoms with Crippen LogP contribution < -0.4 is 15.8 Å². The quantitative estimate of drug-likeness (QED) is 0.680. The van der Waals surface area contributed by atoms with E-state index >= 15 is 0 Å². The number of rotatable bonds is 6. The Morgan fingerprint density at radius 2 is 2.16 bits per heavy atom. The average molecular weight is 266 g/mol. The van der Waals surface area contributed by atoms with Crippen LogP contribution in [0, 0.1) is 5.92 Å². The third-order valence-corrected chi connectivity index (χ3v) is 2.82. The minimum Gasteiger partial charge on any atom is -0.497 e. The van der Waals surface area contributed by atoms with Crippen LogP contribution in [0.2, 0.25) is 0 Å². The van der Waals surface area contributed by atoms with Gasteiger partial charge in [0.25, 0.3) is 5.91 Å². The number of ether oxygens (including phenoxy) is 1. The maximum atomic E-state index is 12.1. The van der Waals surface area contributed by atoms with E-state index in [-0.39, 0.29) is 18.6 Å². The van der Waals surface area contributed by atoms with Gasteiger partial charge in [-0.05, 0) is 30.5 Å². The minimum atomic E-state index is -0.295. The number of aliphatic hydroxyl groups excluding tert-OH is 1. The molecule has 1 unspecified atom stereocenters. The number of anilines is 1. The lowest BCUT2D eigenvalue weighted by Gasteiger charge is -2.19. The number of methoxy groups -OCH3 is 1. The molecule has 0 heterocycles. The van der Waals surface area contributed by atoms with Gasteiger partial charge in [0.2, 0.25) is 0 Å². The maximum Gasteiger partial charge on any atom is 0.253 e. The van der Waals surface area contributed by atoms with Crippen molar-refractivity contribution in [2.75, 3.05) is 19.5 Å². The molecule has 0 radical (unpaired) electrons. The highest BCUT2D eigenvalue weighted by atomic mass is 16.5. The van der Waals surface area contributed by atoms with Gasteiger partial charge in [-0.2, -0.15) is 0 Å². The highest BCUT2D eigenvalue weighted by molar-refractivity contribution is 5.99. The summed E-state index contributed by atoms with van der Waals surface area (Å²) >= 11 is 0. The average Bonchev–Trinajstić information content (AvgIpc) is 2.37. The van der Waals surface area contributed by atoms with Gasteiger partial charge in [0, 0.05) is 5.69 Å². The normalized spacial score (nSPS) is 12.3. The molecule has 19 heavy (non-hydrogen) atoms. The van der Waals surface area contributed by atoms with Gasteiger partial charge in [-0.3, -0.25) is 4.79 Å². The highest BCUT2D eigenvalue weighted by Gasteiger charge is 2.16. The van der Waals surface area contributed by atoms with Crippen molar-refractivity contribution in [3.8, 4) is 5.75 Å². The van der Waals surface area contributed by atoms with Crippen molar-refractivity contribution in [1.29, 1.82) is 0 Å². The van der Waals surface area contributed by atoms with Crippen molar-refractivity contribution in [3.63, 3.8) is 0 Å². The van der Waals surface area contributed by atoms with Gasteiger partial charge in [0.05, 0.1) is 25.3 Å². The zero-order valence-corrected chi connectivity index (χ0v) is 11.6. The summed E-state index contributed by atoms with van der Waals surface area (Å²) in [5, 5.41) is 12.1. The van der Waals surface area contributed by atoms with Crippen LogP contribution >= 0.6 is 0 Å². The maximum absolute atomic E-state index is 12.1. The van der Waals surface area contributed by atoms with Crippen molar-refractivity contribution in [2.45, 2.75) is 26.3 Å². The Hall–Kier alpha value is -1.75. The second-order valence-corrected chi connectivity index (χ2v) is 4.94. The van der Waals surface area contributed by atoms with Crippen LogP contribution in [0.3, 0.4) is 0 Å². The van der Waals surface area contributed by atoms with Crippen LogP contribution in [0.15, 0.2) is 18.2 Å². The molecule has 106 valence electrons. The fourth-order valence-corrected chi connectivity index (χ4v) is 1.87. The van der Waals surface area contributed by atoms with Gasteiger partial charge >= 0.3 is 0 Å². The van der Waals surface area contributed by atoms with Crippen molar-refractivity contribution in [3.05, 3.63) is 23.8 Å². The number of hydrogen-bond acceptors (Lipinski definition) is 4. The molecule has 0 aliphatic carbocycles. The summed E-state index contributed by atoms with van der Waals surface area (Å²) in [4.78, 5) is 12.1. The lowest BCUT2D eigenvalue weighted by atomic mass is 10.0. The van der Waals surface area contributed by atoms with E-state index in [0.717, 1.165) is 0 Å². The van der Waals surface area contributed by atoms with E-state index in [0.29, 0.717) is 29.3 Å². The fraction of sp³-hybridized carbons (Fsp3) is 0.500. The van der Waals surface area contributed by atoms with E-state index < -0.39 is 0 Å². The summed E-state index contributed by atoms with van der Waals surface area (Å²) in [7, 11) is 1.53. The first kappa shape index (κ1) is 15.3. The molecule has 5 heteroatoms. The van der Waals surface area contributed by atoms with Gasteiger partial charge in [0.15, 0.2) is 0 Å². The van der Waals surface area contributed by atoms with Crippen LogP contribution in [0.4, 0.5) is 5.69 Å². The molecule has 1 rings (SSSR count). The van der Waals surface area contributed by atoms with Gasteiger partial charge in [0.1, 0.15) is 5.75 Å². The smallest absolute Gasteiger partial charge is 0.253 e.